The van der Waals surface area contributed by atoms with Gasteiger partial charge in [0.25, 0.3) is 0 Å². The molecular weight excluding hydrogens is 280 g/mol. The van der Waals surface area contributed by atoms with E-state index >= 15 is 0 Å². The molecule has 110 valence electrons. The fourth-order valence-corrected chi connectivity index (χ4v) is 1.89. The first-order chi connectivity index (χ1) is 9.53. The minimum atomic E-state index is -0.390. The lowest BCUT2D eigenvalue weighted by atomic mass is 10.0. The van der Waals surface area contributed by atoms with Crippen LogP contribution < -0.4 is 10.5 Å². The fourth-order valence-electron chi connectivity index (χ4n) is 1.72. The summed E-state index contributed by atoms with van der Waals surface area (Å²) in [6.07, 6.45) is 1.40. The van der Waals surface area contributed by atoms with Gasteiger partial charge in [-0.2, -0.15) is 0 Å². The first kappa shape index (κ1) is 16.3. The van der Waals surface area contributed by atoms with E-state index in [1.54, 1.807) is 18.2 Å². The Hall–Kier alpha value is -1.75. The van der Waals surface area contributed by atoms with Crippen molar-refractivity contribution in [3.05, 3.63) is 28.8 Å². The molecule has 1 rings (SSSR count). The highest BCUT2D eigenvalue weighted by molar-refractivity contribution is 6.31. The zero-order valence-electron chi connectivity index (χ0n) is 11.9. The summed E-state index contributed by atoms with van der Waals surface area (Å²) < 4.78 is 5.16. The summed E-state index contributed by atoms with van der Waals surface area (Å²) in [5, 5.41) is 4.16. The molecule has 0 fully saturated rings. The monoisotopic (exact) mass is 298 g/mol. The number of benzene rings is 1. The van der Waals surface area contributed by atoms with Gasteiger partial charge in [0.1, 0.15) is 5.75 Å². The summed E-state index contributed by atoms with van der Waals surface area (Å²) in [6.45, 7) is 3.84. The van der Waals surface area contributed by atoms with E-state index in [1.165, 1.54) is 7.11 Å². The van der Waals surface area contributed by atoms with E-state index < -0.39 is 0 Å². The zero-order valence-corrected chi connectivity index (χ0v) is 12.6. The van der Waals surface area contributed by atoms with Crippen LogP contribution in [0.2, 0.25) is 5.02 Å². The van der Waals surface area contributed by atoms with Gasteiger partial charge in [0, 0.05) is 5.02 Å². The molecule has 0 aliphatic heterocycles. The van der Waals surface area contributed by atoms with Gasteiger partial charge in [0.15, 0.2) is 5.84 Å². The van der Waals surface area contributed by atoms with E-state index in [-0.39, 0.29) is 17.7 Å². The molecule has 0 amide bonds. The molecule has 0 atom stereocenters. The Morgan fingerprint density at radius 1 is 1.40 bits per heavy atom. The maximum atomic E-state index is 11.7. The second-order valence-electron chi connectivity index (χ2n) is 4.24. The topological polar surface area (TPSA) is 73.9 Å². The normalized spacial score (nSPS) is 11.6. The summed E-state index contributed by atoms with van der Waals surface area (Å²) in [5.41, 5.74) is 6.29. The van der Waals surface area contributed by atoms with Crippen molar-refractivity contribution in [3.63, 3.8) is 0 Å². The fraction of sp³-hybridized carbons (Fsp3) is 0.429. The molecule has 0 aliphatic carbocycles. The van der Waals surface area contributed by atoms with Gasteiger partial charge in [-0.15, -0.1) is 0 Å². The lowest BCUT2D eigenvalue weighted by molar-refractivity contribution is -0.148. The minimum absolute atomic E-state index is 0.0451. The zero-order chi connectivity index (χ0) is 15.1. The number of hydrogen-bond acceptors (Lipinski definition) is 4. The number of rotatable bonds is 6. The van der Waals surface area contributed by atoms with E-state index in [1.807, 2.05) is 13.8 Å². The van der Waals surface area contributed by atoms with Crippen molar-refractivity contribution in [3.8, 4) is 5.75 Å². The Balaban J connectivity index is 2.89. The lowest BCUT2D eigenvalue weighted by Crippen LogP contribution is -2.19. The van der Waals surface area contributed by atoms with Crippen LogP contribution in [0, 0.1) is 5.92 Å². The Kier molecular flexibility index (Phi) is 6.31. The molecule has 0 heterocycles. The third-order valence-electron chi connectivity index (χ3n) is 2.99. The number of methoxy groups -OCH3 is 1. The Bertz CT molecular complexity index is 499. The van der Waals surface area contributed by atoms with Crippen LogP contribution in [0.3, 0.4) is 0 Å². The van der Waals surface area contributed by atoms with Crippen molar-refractivity contribution in [2.45, 2.75) is 26.7 Å². The number of nitrogens with two attached hydrogens (primary N) is 1. The molecule has 1 aromatic carbocycles. The van der Waals surface area contributed by atoms with Gasteiger partial charge in [0.05, 0.1) is 18.6 Å². The summed E-state index contributed by atoms with van der Waals surface area (Å²) in [6, 6.07) is 4.94. The number of carbonyl (C=O) groups is 1. The second-order valence-corrected chi connectivity index (χ2v) is 4.68. The second kappa shape index (κ2) is 7.75. The average Bonchev–Trinajstić information content (AvgIpc) is 2.46. The minimum Gasteiger partial charge on any atom is -0.496 e. The number of halogens is 1. The number of hydrogen-bond donors (Lipinski definition) is 1. The van der Waals surface area contributed by atoms with E-state index in [4.69, 9.17) is 26.9 Å². The van der Waals surface area contributed by atoms with Crippen LogP contribution >= 0.6 is 11.6 Å². The molecule has 6 heteroatoms. The summed E-state index contributed by atoms with van der Waals surface area (Å²) in [4.78, 5) is 16.6. The van der Waals surface area contributed by atoms with Crippen molar-refractivity contribution in [1.82, 2.24) is 0 Å². The van der Waals surface area contributed by atoms with Crippen LogP contribution in [0.25, 0.3) is 0 Å². The number of nitrogens with zero attached hydrogens (tertiary/aromatic N) is 1. The van der Waals surface area contributed by atoms with Gasteiger partial charge >= 0.3 is 5.97 Å². The molecular formula is C14H19ClN2O3. The third-order valence-corrected chi connectivity index (χ3v) is 3.23. The van der Waals surface area contributed by atoms with Gasteiger partial charge in [-0.25, -0.2) is 4.79 Å². The highest BCUT2D eigenvalue weighted by Gasteiger charge is 2.17. The van der Waals surface area contributed by atoms with Gasteiger partial charge in [-0.3, -0.25) is 0 Å². The Labute approximate surface area is 123 Å². The Morgan fingerprint density at radius 2 is 2.05 bits per heavy atom. The molecule has 0 spiro atoms. The molecule has 0 unspecified atom stereocenters. The van der Waals surface area contributed by atoms with Crippen LogP contribution in [-0.4, -0.2) is 18.9 Å². The van der Waals surface area contributed by atoms with Gasteiger partial charge < -0.3 is 15.3 Å². The SMILES string of the molecule is CCC(CC)C(=O)O/N=C(\N)c1cc(Cl)ccc1OC. The van der Waals surface area contributed by atoms with E-state index in [9.17, 15) is 4.79 Å². The summed E-state index contributed by atoms with van der Waals surface area (Å²) in [7, 11) is 1.51. The molecule has 0 saturated carbocycles. The number of carbonyl (C=O) groups excluding carboxylic acids is 1. The molecule has 2 N–H and O–H groups in total. The summed E-state index contributed by atoms with van der Waals surface area (Å²) in [5.74, 6) is -0.00959. The Morgan fingerprint density at radius 3 is 2.60 bits per heavy atom. The van der Waals surface area contributed by atoms with E-state index in [0.29, 0.717) is 29.2 Å². The molecule has 0 aromatic heterocycles. The van der Waals surface area contributed by atoms with E-state index in [0.717, 1.165) is 0 Å². The maximum absolute atomic E-state index is 11.7. The van der Waals surface area contributed by atoms with E-state index in [2.05, 4.69) is 5.16 Å². The van der Waals surface area contributed by atoms with Crippen LogP contribution in [0.4, 0.5) is 0 Å². The highest BCUT2D eigenvalue weighted by Crippen LogP contribution is 2.22. The average molecular weight is 299 g/mol. The van der Waals surface area contributed by atoms with Gasteiger partial charge in [-0.1, -0.05) is 30.6 Å². The number of oxime groups is 1. The number of ether oxygens (including phenoxy) is 1. The van der Waals surface area contributed by atoms with Crippen LogP contribution in [0.5, 0.6) is 5.75 Å². The number of amidine groups is 1. The van der Waals surface area contributed by atoms with Crippen molar-refractivity contribution in [1.29, 1.82) is 0 Å². The molecule has 0 aliphatic rings. The first-order valence-electron chi connectivity index (χ1n) is 6.41. The largest absolute Gasteiger partial charge is 0.496 e. The molecule has 5 nitrogen and oxygen atoms in total. The van der Waals surface area contributed by atoms with Crippen LogP contribution in [-0.2, 0) is 9.63 Å². The third kappa shape index (κ3) is 4.13. The molecule has 20 heavy (non-hydrogen) atoms. The lowest BCUT2D eigenvalue weighted by Gasteiger charge is -2.10. The molecule has 0 bridgehead atoms. The van der Waals surface area contributed by atoms with Crippen molar-refractivity contribution in [2.24, 2.45) is 16.8 Å². The standard InChI is InChI=1S/C14H19ClN2O3/c1-4-9(5-2)14(18)20-17-13(16)11-8-10(15)6-7-12(11)19-3/h6-9H,4-5H2,1-3H3,(H2,16,17). The predicted molar refractivity (Wildman–Crippen MR) is 78.9 cm³/mol. The molecule has 1 aromatic rings. The van der Waals surface area contributed by atoms with Gasteiger partial charge in [0.2, 0.25) is 0 Å². The van der Waals surface area contributed by atoms with Crippen molar-refractivity contribution < 1.29 is 14.4 Å². The van der Waals surface area contributed by atoms with Crippen LogP contribution in [0.1, 0.15) is 32.3 Å². The summed E-state index contributed by atoms with van der Waals surface area (Å²) >= 11 is 5.90. The predicted octanol–water partition coefficient (Wildman–Crippen LogP) is 2.95. The first-order valence-corrected chi connectivity index (χ1v) is 6.79. The molecule has 0 radical (unpaired) electrons. The highest BCUT2D eigenvalue weighted by atomic mass is 35.5. The van der Waals surface area contributed by atoms with Crippen molar-refractivity contribution >= 4 is 23.4 Å². The van der Waals surface area contributed by atoms with Crippen LogP contribution in [0.15, 0.2) is 23.4 Å². The maximum Gasteiger partial charge on any atom is 0.338 e. The quantitative estimate of drug-likeness (QED) is 0.379. The smallest absolute Gasteiger partial charge is 0.338 e. The van der Waals surface area contributed by atoms with Crippen molar-refractivity contribution in [2.75, 3.05) is 7.11 Å². The molecule has 0 saturated heterocycles. The van der Waals surface area contributed by atoms with Gasteiger partial charge in [-0.05, 0) is 31.0 Å².